The minimum atomic E-state index is -4.54. The summed E-state index contributed by atoms with van der Waals surface area (Å²) in [5.41, 5.74) is 4.94. The highest BCUT2D eigenvalue weighted by Crippen LogP contribution is 2.39. The normalized spacial score (nSPS) is 21.2. The third-order valence-electron chi connectivity index (χ3n) is 7.49. The van der Waals surface area contributed by atoms with Crippen LogP contribution in [0.1, 0.15) is 46.8 Å². The summed E-state index contributed by atoms with van der Waals surface area (Å²) >= 11 is 0. The highest BCUT2D eigenvalue weighted by atomic mass is 19.4. The van der Waals surface area contributed by atoms with Crippen molar-refractivity contribution in [1.29, 1.82) is 0 Å². The summed E-state index contributed by atoms with van der Waals surface area (Å²) in [4.78, 5) is 21.9. The average Bonchev–Trinajstić information content (AvgIpc) is 3.76. The van der Waals surface area contributed by atoms with Gasteiger partial charge in [-0.1, -0.05) is 31.5 Å². The minimum Gasteiger partial charge on any atom is -0.490 e. The van der Waals surface area contributed by atoms with Gasteiger partial charge in [0.05, 0.1) is 56.8 Å². The van der Waals surface area contributed by atoms with E-state index in [1.807, 2.05) is 13.8 Å². The molecule has 12 heteroatoms. The number of aliphatic hydroxyl groups excluding tert-OH is 1. The second kappa shape index (κ2) is 13.3. The fourth-order valence-electron chi connectivity index (χ4n) is 5.38. The Balaban J connectivity index is 1.43. The van der Waals surface area contributed by atoms with Gasteiger partial charge in [-0.15, -0.1) is 0 Å². The molecule has 0 saturated carbocycles. The molecule has 3 aliphatic rings. The van der Waals surface area contributed by atoms with Gasteiger partial charge in [0, 0.05) is 18.8 Å². The number of anilines is 2. The number of alkyl halides is 3. The van der Waals surface area contributed by atoms with E-state index in [2.05, 4.69) is 17.9 Å². The zero-order valence-electron chi connectivity index (χ0n) is 24.7. The Morgan fingerprint density at radius 3 is 2.21 bits per heavy atom. The van der Waals surface area contributed by atoms with Crippen LogP contribution in [0.2, 0.25) is 0 Å². The first-order valence-corrected chi connectivity index (χ1v) is 14.7. The molecule has 0 spiro atoms. The van der Waals surface area contributed by atoms with E-state index in [1.54, 1.807) is 17.2 Å². The Morgan fingerprint density at radius 1 is 1.02 bits per heavy atom. The van der Waals surface area contributed by atoms with Crippen LogP contribution in [0.5, 0.6) is 5.75 Å². The van der Waals surface area contributed by atoms with Crippen molar-refractivity contribution < 1.29 is 46.9 Å². The number of aryl methyl sites for hydroxylation is 2. The molecule has 0 aliphatic carbocycles. The van der Waals surface area contributed by atoms with Crippen LogP contribution in [0.4, 0.5) is 24.5 Å². The number of carbonyl (C=O) groups excluding carboxylic acids is 1. The molecule has 1 N–H and O–H groups in total. The fraction of sp³-hybridized carbons (Fsp3) is 0.581. The molecule has 3 aliphatic heterocycles. The fourth-order valence-corrected chi connectivity index (χ4v) is 5.38. The average molecular weight is 609 g/mol. The lowest BCUT2D eigenvalue weighted by Crippen LogP contribution is -2.35. The molecule has 2 aromatic carbocycles. The first-order valence-electron chi connectivity index (χ1n) is 14.7. The van der Waals surface area contributed by atoms with Crippen molar-refractivity contribution in [2.24, 2.45) is 0 Å². The summed E-state index contributed by atoms with van der Waals surface area (Å²) in [6, 6.07) is 8.27. The number of hydroxylamine groups is 1. The molecule has 0 amide bonds. The van der Waals surface area contributed by atoms with Crippen LogP contribution >= 0.6 is 0 Å². The maximum absolute atomic E-state index is 13.6. The number of benzene rings is 2. The summed E-state index contributed by atoms with van der Waals surface area (Å²) in [6.07, 6.45) is -5.69. The van der Waals surface area contributed by atoms with Gasteiger partial charge in [-0.3, -0.25) is 0 Å². The Morgan fingerprint density at radius 2 is 1.63 bits per heavy atom. The summed E-state index contributed by atoms with van der Waals surface area (Å²) in [5.74, 6) is -0.724. The monoisotopic (exact) mass is 608 g/mol. The second-order valence-electron chi connectivity index (χ2n) is 11.4. The van der Waals surface area contributed by atoms with Crippen LogP contribution in [0.25, 0.3) is 0 Å². The van der Waals surface area contributed by atoms with Gasteiger partial charge in [-0.25, -0.2) is 9.86 Å². The van der Waals surface area contributed by atoms with Gasteiger partial charge in [0.2, 0.25) is 0 Å². The lowest BCUT2D eigenvalue weighted by molar-refractivity contribution is -0.156. The maximum Gasteiger partial charge on any atom is 0.391 e. The Labute approximate surface area is 249 Å². The summed E-state index contributed by atoms with van der Waals surface area (Å²) in [7, 11) is 0. The number of para-hydroxylation sites is 1. The van der Waals surface area contributed by atoms with E-state index in [9.17, 15) is 23.1 Å². The molecule has 3 saturated heterocycles. The third kappa shape index (κ3) is 8.75. The predicted molar refractivity (Wildman–Crippen MR) is 153 cm³/mol. The van der Waals surface area contributed by atoms with E-state index in [0.717, 1.165) is 61.6 Å². The maximum atomic E-state index is 13.6. The number of ether oxygens (including phenoxy) is 4. The molecule has 9 nitrogen and oxygen atoms in total. The highest BCUT2D eigenvalue weighted by Gasteiger charge is 2.36. The smallest absolute Gasteiger partial charge is 0.391 e. The first-order chi connectivity index (χ1) is 20.5. The van der Waals surface area contributed by atoms with Crippen LogP contribution in [0.15, 0.2) is 30.3 Å². The Bertz CT molecular complexity index is 1260. The van der Waals surface area contributed by atoms with Crippen LogP contribution < -0.4 is 14.7 Å². The molecular formula is C31H39F3N2O7. The van der Waals surface area contributed by atoms with E-state index >= 15 is 0 Å². The molecule has 0 radical (unpaired) electrons. The van der Waals surface area contributed by atoms with Gasteiger partial charge in [0.25, 0.3) is 0 Å². The number of rotatable bonds is 16. The minimum absolute atomic E-state index is 0.0174. The topological polar surface area (TPSA) is 99.8 Å². The van der Waals surface area contributed by atoms with Crippen LogP contribution in [-0.2, 0) is 25.5 Å². The lowest BCUT2D eigenvalue weighted by atomic mass is 9.96. The largest absolute Gasteiger partial charge is 0.490 e. The number of hydrogen-bond acceptors (Lipinski definition) is 9. The lowest BCUT2D eigenvalue weighted by Gasteiger charge is -2.33. The van der Waals surface area contributed by atoms with Gasteiger partial charge in [0.15, 0.2) is 0 Å². The first kappa shape index (κ1) is 31.4. The molecule has 2 aromatic rings. The molecule has 5 rings (SSSR count). The summed E-state index contributed by atoms with van der Waals surface area (Å²) < 4.78 is 60.1. The van der Waals surface area contributed by atoms with Crippen molar-refractivity contribution >= 4 is 17.3 Å². The van der Waals surface area contributed by atoms with Gasteiger partial charge < -0.3 is 33.8 Å². The quantitative estimate of drug-likeness (QED) is 0.218. The van der Waals surface area contributed by atoms with Gasteiger partial charge in [0.1, 0.15) is 24.0 Å². The van der Waals surface area contributed by atoms with Gasteiger partial charge in [-0.05, 0) is 49.1 Å². The molecule has 4 atom stereocenters. The molecule has 43 heavy (non-hydrogen) atoms. The molecule has 3 fully saturated rings. The molecule has 4 unspecified atom stereocenters. The molecule has 3 heterocycles. The Kier molecular flexibility index (Phi) is 9.70. The molecular weight excluding hydrogens is 569 g/mol. The standard InChI is InChI=1S/C31H39F3N2O7/c1-4-7-21-10-19(2)28(20(3)29(21)35(12-23-16-39-23)13-24-17-40-24)36(14-25-18-41-25)43-30(38)26-8-5-6-9-27(26)42-15-22(37)11-31(32,33)34/h5-6,8-10,22-25,37H,4,7,11-18H2,1-3H3. The number of carbonyl (C=O) groups is 1. The number of hydrogen-bond donors (Lipinski definition) is 1. The molecule has 0 aromatic heterocycles. The second-order valence-corrected chi connectivity index (χ2v) is 11.4. The molecule has 0 bridgehead atoms. The van der Waals surface area contributed by atoms with Crippen molar-refractivity contribution in [3.8, 4) is 5.75 Å². The van der Waals surface area contributed by atoms with E-state index < -0.39 is 31.3 Å². The number of nitrogens with zero attached hydrogens (tertiary/aromatic N) is 2. The molecule has 236 valence electrons. The van der Waals surface area contributed by atoms with Crippen molar-refractivity contribution in [2.45, 2.75) is 70.6 Å². The van der Waals surface area contributed by atoms with E-state index in [0.29, 0.717) is 13.2 Å². The van der Waals surface area contributed by atoms with E-state index in [1.165, 1.54) is 17.7 Å². The van der Waals surface area contributed by atoms with Crippen molar-refractivity contribution in [3.05, 3.63) is 52.6 Å². The van der Waals surface area contributed by atoms with Gasteiger partial charge >= 0.3 is 12.1 Å². The van der Waals surface area contributed by atoms with Crippen LogP contribution in [0, 0.1) is 13.8 Å². The van der Waals surface area contributed by atoms with Crippen LogP contribution in [0.3, 0.4) is 0 Å². The predicted octanol–water partition coefficient (Wildman–Crippen LogP) is 4.53. The van der Waals surface area contributed by atoms with Crippen molar-refractivity contribution in [1.82, 2.24) is 0 Å². The number of epoxide rings is 3. The van der Waals surface area contributed by atoms with Gasteiger partial charge in [-0.2, -0.15) is 13.2 Å². The van der Waals surface area contributed by atoms with Crippen LogP contribution in [-0.4, -0.2) is 87.7 Å². The number of halogens is 3. The zero-order valence-corrected chi connectivity index (χ0v) is 24.7. The van der Waals surface area contributed by atoms with E-state index in [-0.39, 0.29) is 29.6 Å². The third-order valence-corrected chi connectivity index (χ3v) is 7.49. The number of aliphatic hydroxyl groups is 1. The zero-order chi connectivity index (χ0) is 30.7. The Hall–Kier alpha value is -3.06. The van der Waals surface area contributed by atoms with E-state index in [4.69, 9.17) is 23.8 Å². The SMILES string of the molecule is CCCc1cc(C)c(N(CC2CO2)OC(=O)c2ccccc2OCC(O)CC(F)(F)F)c(C)c1N(CC1CO1)CC1CO1. The summed E-state index contributed by atoms with van der Waals surface area (Å²) in [6.45, 7) is 9.26. The highest BCUT2D eigenvalue weighted by molar-refractivity contribution is 5.93. The van der Waals surface area contributed by atoms with Crippen molar-refractivity contribution in [2.75, 3.05) is 56.0 Å². The van der Waals surface area contributed by atoms with Crippen molar-refractivity contribution in [3.63, 3.8) is 0 Å². The summed E-state index contributed by atoms with van der Waals surface area (Å²) in [5, 5.41) is 11.3.